The van der Waals surface area contributed by atoms with Crippen molar-refractivity contribution in [1.82, 2.24) is 4.90 Å². The first-order chi connectivity index (χ1) is 7.44. The first-order valence-corrected chi connectivity index (χ1v) is 6.04. The smallest absolute Gasteiger partial charge is 0.120 e. The van der Waals surface area contributed by atoms with Gasteiger partial charge in [-0.1, -0.05) is 12.2 Å². The number of methoxy groups -OCH3 is 1. The van der Waals surface area contributed by atoms with Gasteiger partial charge in [0.1, 0.15) is 11.1 Å². The molecule has 16 heavy (non-hydrogen) atoms. The molecule has 0 amide bonds. The third kappa shape index (κ3) is 4.33. The molecule has 0 aromatic rings. The maximum Gasteiger partial charge on any atom is 0.120 e. The Bertz CT molecular complexity index is 246. The zero-order valence-electron chi connectivity index (χ0n) is 10.4. The van der Waals surface area contributed by atoms with Crippen molar-refractivity contribution in [2.24, 2.45) is 5.73 Å². The molecular formula is C11H22N2O2S. The van der Waals surface area contributed by atoms with Gasteiger partial charge in [0.2, 0.25) is 0 Å². The van der Waals surface area contributed by atoms with Crippen LogP contribution in [0, 0.1) is 0 Å². The Morgan fingerprint density at radius 2 is 2.31 bits per heavy atom. The Kier molecular flexibility index (Phi) is 5.11. The highest BCUT2D eigenvalue weighted by Gasteiger charge is 2.24. The molecule has 1 heterocycles. The molecule has 0 aromatic carbocycles. The second kappa shape index (κ2) is 5.91. The van der Waals surface area contributed by atoms with Crippen LogP contribution in [0.25, 0.3) is 0 Å². The Morgan fingerprint density at radius 3 is 2.88 bits per heavy atom. The second-order valence-electron chi connectivity index (χ2n) is 4.78. The van der Waals surface area contributed by atoms with Crippen molar-refractivity contribution >= 4 is 17.2 Å². The molecule has 0 saturated carbocycles. The van der Waals surface area contributed by atoms with Crippen molar-refractivity contribution in [3.05, 3.63) is 0 Å². The summed E-state index contributed by atoms with van der Waals surface area (Å²) >= 11 is 4.95. The van der Waals surface area contributed by atoms with Gasteiger partial charge in [-0.25, -0.2) is 0 Å². The van der Waals surface area contributed by atoms with Crippen LogP contribution in [0.3, 0.4) is 0 Å². The van der Waals surface area contributed by atoms with Crippen LogP contribution in [0.5, 0.6) is 0 Å². The Labute approximate surface area is 103 Å². The molecule has 2 N–H and O–H groups in total. The van der Waals surface area contributed by atoms with Crippen molar-refractivity contribution in [3.8, 4) is 0 Å². The van der Waals surface area contributed by atoms with Crippen LogP contribution in [0.15, 0.2) is 0 Å². The van der Waals surface area contributed by atoms with Crippen LogP contribution in [0.4, 0.5) is 0 Å². The van der Waals surface area contributed by atoms with Crippen molar-refractivity contribution < 1.29 is 9.47 Å². The predicted octanol–water partition coefficient (Wildman–Crippen LogP) is 0.788. The minimum absolute atomic E-state index is 0.0724. The lowest BCUT2D eigenvalue weighted by atomic mass is 10.0. The summed E-state index contributed by atoms with van der Waals surface area (Å²) in [5, 5.41) is 0. The topological polar surface area (TPSA) is 47.7 Å². The monoisotopic (exact) mass is 246 g/mol. The van der Waals surface area contributed by atoms with E-state index in [9.17, 15) is 0 Å². The lowest BCUT2D eigenvalue weighted by Crippen LogP contribution is -2.48. The molecule has 1 aliphatic rings. The van der Waals surface area contributed by atoms with Crippen molar-refractivity contribution in [1.29, 1.82) is 0 Å². The van der Waals surface area contributed by atoms with Gasteiger partial charge in [0.25, 0.3) is 0 Å². The lowest BCUT2D eigenvalue weighted by Gasteiger charge is -2.34. The first-order valence-electron chi connectivity index (χ1n) is 5.63. The van der Waals surface area contributed by atoms with Crippen LogP contribution < -0.4 is 5.73 Å². The fourth-order valence-electron chi connectivity index (χ4n) is 1.61. The summed E-state index contributed by atoms with van der Waals surface area (Å²) < 4.78 is 10.9. The van der Waals surface area contributed by atoms with Gasteiger partial charge in [-0.3, -0.25) is 4.90 Å². The fraction of sp³-hybridized carbons (Fsp3) is 0.909. The van der Waals surface area contributed by atoms with Gasteiger partial charge >= 0.3 is 0 Å². The van der Waals surface area contributed by atoms with E-state index < -0.39 is 0 Å². The van der Waals surface area contributed by atoms with Gasteiger partial charge in [-0.15, -0.1) is 0 Å². The molecule has 0 bridgehead atoms. The molecule has 94 valence electrons. The molecule has 1 saturated heterocycles. The number of thiocarbonyl (C=S) groups is 1. The van der Waals surface area contributed by atoms with E-state index in [-0.39, 0.29) is 11.7 Å². The molecular weight excluding hydrogens is 224 g/mol. The van der Waals surface area contributed by atoms with Crippen LogP contribution in [-0.4, -0.2) is 54.9 Å². The van der Waals surface area contributed by atoms with Gasteiger partial charge in [0.15, 0.2) is 0 Å². The SMILES string of the molecule is COC(C)(C)CCN1CCOC(C(N)=S)C1. The van der Waals surface area contributed by atoms with Crippen LogP contribution in [-0.2, 0) is 9.47 Å². The highest BCUT2D eigenvalue weighted by Crippen LogP contribution is 2.15. The molecule has 0 aliphatic carbocycles. The first kappa shape index (κ1) is 13.8. The average Bonchev–Trinajstić information content (AvgIpc) is 2.27. The second-order valence-corrected chi connectivity index (χ2v) is 5.25. The molecule has 1 unspecified atom stereocenters. The lowest BCUT2D eigenvalue weighted by molar-refractivity contribution is -0.0204. The van der Waals surface area contributed by atoms with E-state index in [0.29, 0.717) is 11.6 Å². The minimum Gasteiger partial charge on any atom is -0.391 e. The van der Waals surface area contributed by atoms with Crippen LogP contribution >= 0.6 is 12.2 Å². The van der Waals surface area contributed by atoms with Crippen LogP contribution in [0.1, 0.15) is 20.3 Å². The largest absolute Gasteiger partial charge is 0.391 e. The van der Waals surface area contributed by atoms with Gasteiger partial charge < -0.3 is 15.2 Å². The van der Waals surface area contributed by atoms with E-state index in [1.165, 1.54) is 0 Å². The summed E-state index contributed by atoms with van der Waals surface area (Å²) in [5.41, 5.74) is 5.52. The number of hydrogen-bond donors (Lipinski definition) is 1. The Morgan fingerprint density at radius 1 is 1.62 bits per heavy atom. The molecule has 0 aromatic heterocycles. The summed E-state index contributed by atoms with van der Waals surface area (Å²) in [5.74, 6) is 0. The average molecular weight is 246 g/mol. The minimum atomic E-state index is -0.0885. The summed E-state index contributed by atoms with van der Waals surface area (Å²) in [6.45, 7) is 7.63. The van der Waals surface area contributed by atoms with E-state index in [2.05, 4.69) is 18.7 Å². The summed E-state index contributed by atoms with van der Waals surface area (Å²) in [6, 6.07) is 0. The molecule has 1 rings (SSSR count). The Hall–Kier alpha value is -0.230. The summed E-state index contributed by atoms with van der Waals surface area (Å²) in [4.78, 5) is 2.78. The van der Waals surface area contributed by atoms with Crippen molar-refractivity contribution in [3.63, 3.8) is 0 Å². The van der Waals surface area contributed by atoms with Gasteiger partial charge in [0.05, 0.1) is 12.2 Å². The van der Waals surface area contributed by atoms with Crippen molar-refractivity contribution in [2.45, 2.75) is 32.0 Å². The fourth-order valence-corrected chi connectivity index (χ4v) is 1.75. The number of nitrogens with two attached hydrogens (primary N) is 1. The number of morpholine rings is 1. The van der Waals surface area contributed by atoms with Gasteiger partial charge in [-0.2, -0.15) is 0 Å². The molecule has 1 aliphatic heterocycles. The maximum atomic E-state index is 5.59. The van der Waals surface area contributed by atoms with E-state index in [1.807, 2.05) is 0 Å². The molecule has 1 atom stereocenters. The molecule has 0 radical (unpaired) electrons. The Balaban J connectivity index is 2.35. The maximum absolute atomic E-state index is 5.59. The number of nitrogens with zero attached hydrogens (tertiary/aromatic N) is 1. The highest BCUT2D eigenvalue weighted by atomic mass is 32.1. The third-order valence-corrected chi connectivity index (χ3v) is 3.31. The van der Waals surface area contributed by atoms with E-state index in [0.717, 1.165) is 26.1 Å². The molecule has 5 heteroatoms. The van der Waals surface area contributed by atoms with Gasteiger partial charge in [-0.05, 0) is 20.3 Å². The molecule has 0 spiro atoms. The van der Waals surface area contributed by atoms with E-state index in [4.69, 9.17) is 27.4 Å². The van der Waals surface area contributed by atoms with Crippen LogP contribution in [0.2, 0.25) is 0 Å². The predicted molar refractivity (Wildman–Crippen MR) is 68.7 cm³/mol. The number of rotatable bonds is 5. The summed E-state index contributed by atoms with van der Waals surface area (Å²) in [6.07, 6.45) is 0.905. The van der Waals surface area contributed by atoms with E-state index >= 15 is 0 Å². The summed E-state index contributed by atoms with van der Waals surface area (Å²) in [7, 11) is 1.75. The number of hydrogen-bond acceptors (Lipinski definition) is 4. The van der Waals surface area contributed by atoms with E-state index in [1.54, 1.807) is 7.11 Å². The standard InChI is InChI=1S/C11H22N2O2S/c1-11(2,14-3)4-5-13-6-7-15-9(8-13)10(12)16/h9H,4-8H2,1-3H3,(H2,12,16). The van der Waals surface area contributed by atoms with Crippen molar-refractivity contribution in [2.75, 3.05) is 33.4 Å². The zero-order valence-corrected chi connectivity index (χ0v) is 11.2. The molecule has 4 nitrogen and oxygen atoms in total. The normalized spacial score (nSPS) is 23.3. The van der Waals surface area contributed by atoms with Gasteiger partial charge in [0, 0.05) is 26.7 Å². The quantitative estimate of drug-likeness (QED) is 0.727. The third-order valence-electron chi connectivity index (χ3n) is 3.05. The molecule has 1 fully saturated rings. The number of ether oxygens (including phenoxy) is 2. The highest BCUT2D eigenvalue weighted by molar-refractivity contribution is 7.80. The zero-order chi connectivity index (χ0) is 12.2.